The van der Waals surface area contributed by atoms with Crippen LogP contribution in [0.4, 0.5) is 0 Å². The molecule has 0 spiro atoms. The molecule has 0 nitrogen and oxygen atoms in total. The summed E-state index contributed by atoms with van der Waals surface area (Å²) >= 11 is 0. The number of allylic oxidation sites excluding steroid dienone is 6. The first-order valence-electron chi connectivity index (χ1n) is 6.56. The van der Waals surface area contributed by atoms with E-state index in [2.05, 4.69) is 49.6 Å². The van der Waals surface area contributed by atoms with Crippen LogP contribution in [0, 0.1) is 0 Å². The van der Waals surface area contributed by atoms with Gasteiger partial charge in [-0.15, -0.1) is 13.2 Å². The molecule has 0 radical (unpaired) electrons. The Bertz CT molecular complexity index is 559. The maximum absolute atomic E-state index is 3.96. The minimum absolute atomic E-state index is 0.0857. The summed E-state index contributed by atoms with van der Waals surface area (Å²) in [6.07, 6.45) is 11.8. The van der Waals surface area contributed by atoms with Crippen molar-refractivity contribution in [3.63, 3.8) is 0 Å². The van der Waals surface area contributed by atoms with Crippen molar-refractivity contribution in [3.05, 3.63) is 78.4 Å². The zero-order chi connectivity index (χ0) is 12.6. The second-order valence-electron chi connectivity index (χ2n) is 5.08. The third-order valence-corrected chi connectivity index (χ3v) is 4.17. The Balaban J connectivity index is 2.27. The van der Waals surface area contributed by atoms with Crippen LogP contribution in [-0.2, 0) is 5.41 Å². The normalized spacial score (nSPS) is 18.7. The Labute approximate surface area is 109 Å². The summed E-state index contributed by atoms with van der Waals surface area (Å²) < 4.78 is 0. The van der Waals surface area contributed by atoms with Crippen molar-refractivity contribution < 1.29 is 0 Å². The van der Waals surface area contributed by atoms with Gasteiger partial charge in [0.1, 0.15) is 0 Å². The van der Waals surface area contributed by atoms with Gasteiger partial charge in [-0.2, -0.15) is 0 Å². The number of fused-ring (bicyclic) bond motifs is 3. The molecule has 18 heavy (non-hydrogen) atoms. The molecule has 0 amide bonds. The third-order valence-electron chi connectivity index (χ3n) is 4.17. The monoisotopic (exact) mass is 234 g/mol. The summed E-state index contributed by atoms with van der Waals surface area (Å²) in [5.74, 6) is 0. The molecular formula is C18H18. The van der Waals surface area contributed by atoms with Gasteiger partial charge < -0.3 is 0 Å². The van der Waals surface area contributed by atoms with Gasteiger partial charge in [-0.05, 0) is 41.5 Å². The van der Waals surface area contributed by atoms with Crippen molar-refractivity contribution in [3.8, 4) is 0 Å². The van der Waals surface area contributed by atoms with Crippen LogP contribution in [0.5, 0.6) is 0 Å². The number of hydrogen-bond acceptors (Lipinski definition) is 0. The van der Waals surface area contributed by atoms with Crippen molar-refractivity contribution in [2.45, 2.75) is 24.7 Å². The molecule has 0 fully saturated rings. The lowest BCUT2D eigenvalue weighted by Gasteiger charge is -2.30. The minimum Gasteiger partial charge on any atom is -0.103 e. The van der Waals surface area contributed by atoms with Gasteiger partial charge in [0, 0.05) is 5.41 Å². The molecule has 0 N–H and O–H groups in total. The maximum Gasteiger partial charge on any atom is 0.0280 e. The first-order chi connectivity index (χ1) is 8.83. The highest BCUT2D eigenvalue weighted by molar-refractivity contribution is 5.91. The van der Waals surface area contributed by atoms with Crippen LogP contribution in [0.3, 0.4) is 0 Å². The molecule has 0 bridgehead atoms. The lowest BCUT2D eigenvalue weighted by molar-refractivity contribution is 0.543. The summed E-state index contributed by atoms with van der Waals surface area (Å²) in [5, 5.41) is 0. The van der Waals surface area contributed by atoms with Crippen LogP contribution in [0.25, 0.3) is 5.57 Å². The smallest absolute Gasteiger partial charge is 0.0280 e. The largest absolute Gasteiger partial charge is 0.103 e. The average Bonchev–Trinajstić information content (AvgIpc) is 2.95. The van der Waals surface area contributed by atoms with Gasteiger partial charge in [-0.1, -0.05) is 48.6 Å². The fraction of sp³-hybridized carbons (Fsp3) is 0.222. The summed E-state index contributed by atoms with van der Waals surface area (Å²) in [4.78, 5) is 0. The molecule has 0 unspecified atom stereocenters. The molecule has 0 saturated heterocycles. The molecule has 0 atom stereocenters. The fourth-order valence-corrected chi connectivity index (χ4v) is 3.52. The summed E-state index contributed by atoms with van der Waals surface area (Å²) in [5.41, 5.74) is 5.87. The van der Waals surface area contributed by atoms with E-state index in [0.29, 0.717) is 0 Å². The lowest BCUT2D eigenvalue weighted by atomic mass is 9.73. The van der Waals surface area contributed by atoms with E-state index in [9.17, 15) is 0 Å². The van der Waals surface area contributed by atoms with Gasteiger partial charge in [-0.3, -0.25) is 0 Å². The highest BCUT2D eigenvalue weighted by atomic mass is 14.5. The van der Waals surface area contributed by atoms with E-state index in [1.54, 1.807) is 0 Å². The molecule has 2 aliphatic rings. The molecule has 0 heteroatoms. The molecule has 3 rings (SSSR count). The second kappa shape index (κ2) is 4.13. The maximum atomic E-state index is 3.96. The molecule has 0 saturated carbocycles. The van der Waals surface area contributed by atoms with Gasteiger partial charge in [-0.25, -0.2) is 0 Å². The number of hydrogen-bond donors (Lipinski definition) is 0. The predicted molar refractivity (Wildman–Crippen MR) is 78.4 cm³/mol. The highest BCUT2D eigenvalue weighted by Gasteiger charge is 2.44. The zero-order valence-corrected chi connectivity index (χ0v) is 10.7. The Morgan fingerprint density at radius 1 is 1.06 bits per heavy atom. The topological polar surface area (TPSA) is 0 Å². The van der Waals surface area contributed by atoms with Gasteiger partial charge in [0.15, 0.2) is 0 Å². The van der Waals surface area contributed by atoms with Crippen LogP contribution in [0.15, 0.2) is 67.3 Å². The van der Waals surface area contributed by atoms with E-state index >= 15 is 0 Å². The van der Waals surface area contributed by atoms with E-state index in [1.807, 2.05) is 12.2 Å². The van der Waals surface area contributed by atoms with E-state index in [-0.39, 0.29) is 5.41 Å². The van der Waals surface area contributed by atoms with Crippen LogP contribution in [0.2, 0.25) is 0 Å². The molecule has 0 heterocycles. The molecule has 2 aliphatic carbocycles. The van der Waals surface area contributed by atoms with Gasteiger partial charge in [0.25, 0.3) is 0 Å². The van der Waals surface area contributed by atoms with E-state index in [0.717, 1.165) is 19.3 Å². The molecular weight excluding hydrogens is 216 g/mol. The van der Waals surface area contributed by atoms with Crippen molar-refractivity contribution in [2.75, 3.05) is 0 Å². The standard InChI is InChI=1S/C18H18/c1-3-12-18(13-4-2)16-10-6-5-8-14(16)15-9-7-11-17(15)18/h3-6,8-11H,1-2,7,12-13H2. The van der Waals surface area contributed by atoms with Gasteiger partial charge in [0.05, 0.1) is 0 Å². The van der Waals surface area contributed by atoms with Crippen molar-refractivity contribution in [1.29, 1.82) is 0 Å². The Morgan fingerprint density at radius 2 is 1.78 bits per heavy atom. The fourth-order valence-electron chi connectivity index (χ4n) is 3.52. The first-order valence-corrected chi connectivity index (χ1v) is 6.56. The van der Waals surface area contributed by atoms with Crippen LogP contribution in [0.1, 0.15) is 30.4 Å². The van der Waals surface area contributed by atoms with Crippen LogP contribution < -0.4 is 0 Å². The Morgan fingerprint density at radius 3 is 2.50 bits per heavy atom. The first kappa shape index (κ1) is 11.3. The average molecular weight is 234 g/mol. The summed E-state index contributed by atoms with van der Waals surface area (Å²) in [6.45, 7) is 7.92. The van der Waals surface area contributed by atoms with Gasteiger partial charge >= 0.3 is 0 Å². The Kier molecular flexibility index (Phi) is 2.59. The molecule has 90 valence electrons. The SMILES string of the molecule is C=CCC1(CC=C)C2=CCC=C2c2ccccc21. The van der Waals surface area contributed by atoms with Crippen LogP contribution >= 0.6 is 0 Å². The molecule has 1 aromatic rings. The third kappa shape index (κ3) is 1.32. The minimum atomic E-state index is 0.0857. The molecule has 1 aromatic carbocycles. The van der Waals surface area contributed by atoms with Crippen molar-refractivity contribution in [1.82, 2.24) is 0 Å². The summed E-state index contributed by atoms with van der Waals surface area (Å²) in [7, 11) is 0. The van der Waals surface area contributed by atoms with Crippen molar-refractivity contribution >= 4 is 5.57 Å². The van der Waals surface area contributed by atoms with E-state index in [1.165, 1.54) is 22.3 Å². The van der Waals surface area contributed by atoms with Crippen LogP contribution in [-0.4, -0.2) is 0 Å². The highest BCUT2D eigenvalue weighted by Crippen LogP contribution is 2.55. The van der Waals surface area contributed by atoms with Crippen molar-refractivity contribution in [2.24, 2.45) is 0 Å². The number of benzene rings is 1. The zero-order valence-electron chi connectivity index (χ0n) is 10.7. The molecule has 0 aliphatic heterocycles. The Hall–Kier alpha value is -1.82. The van der Waals surface area contributed by atoms with E-state index < -0.39 is 0 Å². The quantitative estimate of drug-likeness (QED) is 0.656. The van der Waals surface area contributed by atoms with E-state index in [4.69, 9.17) is 0 Å². The second-order valence-corrected chi connectivity index (χ2v) is 5.08. The number of rotatable bonds is 4. The lowest BCUT2D eigenvalue weighted by Crippen LogP contribution is -2.23. The predicted octanol–water partition coefficient (Wildman–Crippen LogP) is 4.80. The van der Waals surface area contributed by atoms with Gasteiger partial charge in [0.2, 0.25) is 0 Å². The molecule has 0 aromatic heterocycles. The summed E-state index contributed by atoms with van der Waals surface area (Å²) in [6, 6.07) is 8.78.